The summed E-state index contributed by atoms with van der Waals surface area (Å²) in [7, 11) is 2.12. The van der Waals surface area contributed by atoms with E-state index in [2.05, 4.69) is 35.9 Å². The first-order valence-electron chi connectivity index (χ1n) is 6.99. The van der Waals surface area contributed by atoms with Gasteiger partial charge >= 0.3 is 0 Å². The Morgan fingerprint density at radius 3 is 2.55 bits per heavy atom. The summed E-state index contributed by atoms with van der Waals surface area (Å²) in [5.41, 5.74) is 1.78. The molecule has 2 unspecified atom stereocenters. The Morgan fingerprint density at radius 2 is 1.95 bits per heavy atom. The topological polar surface area (TPSA) is 54.1 Å². The molecule has 2 rings (SSSR count). The van der Waals surface area contributed by atoms with Crippen LogP contribution in [-0.4, -0.2) is 37.1 Å². The van der Waals surface area contributed by atoms with E-state index in [0.717, 1.165) is 25.2 Å². The molecule has 0 aromatic heterocycles. The third-order valence-electron chi connectivity index (χ3n) is 4.13. The minimum absolute atomic E-state index is 0.211. The van der Waals surface area contributed by atoms with Crippen molar-refractivity contribution in [3.05, 3.63) is 29.8 Å². The molecular formula is C16H20N4. The van der Waals surface area contributed by atoms with Crippen molar-refractivity contribution in [1.82, 2.24) is 4.90 Å². The van der Waals surface area contributed by atoms with E-state index in [1.54, 1.807) is 0 Å². The fourth-order valence-electron chi connectivity index (χ4n) is 2.69. The molecule has 1 aromatic carbocycles. The van der Waals surface area contributed by atoms with Gasteiger partial charge in [-0.15, -0.1) is 0 Å². The van der Waals surface area contributed by atoms with Crippen LogP contribution >= 0.6 is 0 Å². The van der Waals surface area contributed by atoms with E-state index in [0.29, 0.717) is 18.0 Å². The van der Waals surface area contributed by atoms with Gasteiger partial charge in [0.2, 0.25) is 0 Å². The molecular weight excluding hydrogens is 248 g/mol. The van der Waals surface area contributed by atoms with E-state index < -0.39 is 0 Å². The van der Waals surface area contributed by atoms with Gasteiger partial charge in [-0.1, -0.05) is 0 Å². The molecule has 0 saturated carbocycles. The van der Waals surface area contributed by atoms with Crippen LogP contribution in [0.3, 0.4) is 0 Å². The van der Waals surface area contributed by atoms with E-state index in [9.17, 15) is 0 Å². The van der Waals surface area contributed by atoms with Gasteiger partial charge in [-0.2, -0.15) is 10.5 Å². The monoisotopic (exact) mass is 268 g/mol. The molecule has 0 spiro atoms. The second-order valence-corrected chi connectivity index (χ2v) is 5.45. The lowest BCUT2D eigenvalue weighted by molar-refractivity contribution is 0.255. The SMILES string of the molecule is CC1CCN(c2ccc(C#N)cc2)C(CC#N)CN1C. The summed E-state index contributed by atoms with van der Waals surface area (Å²) in [4.78, 5) is 4.63. The zero-order valence-corrected chi connectivity index (χ0v) is 12.1. The largest absolute Gasteiger partial charge is 0.366 e. The van der Waals surface area contributed by atoms with Crippen molar-refractivity contribution >= 4 is 5.69 Å². The maximum absolute atomic E-state index is 9.07. The predicted molar refractivity (Wildman–Crippen MR) is 79.2 cm³/mol. The fraction of sp³-hybridized carbons (Fsp3) is 0.500. The number of likely N-dealkylation sites (N-methyl/N-ethyl adjacent to an activating group) is 1. The molecule has 1 aliphatic heterocycles. The first-order valence-corrected chi connectivity index (χ1v) is 6.99. The van der Waals surface area contributed by atoms with Gasteiger partial charge in [0.25, 0.3) is 0 Å². The maximum Gasteiger partial charge on any atom is 0.0991 e. The second-order valence-electron chi connectivity index (χ2n) is 5.45. The standard InChI is InChI=1S/C16H20N4/c1-13-8-10-20(16(7-9-17)12-19(13)2)15-5-3-14(11-18)4-6-15/h3-6,13,16H,7-8,10,12H2,1-2H3. The van der Waals surface area contributed by atoms with Crippen LogP contribution in [0.1, 0.15) is 25.3 Å². The van der Waals surface area contributed by atoms with Gasteiger partial charge < -0.3 is 9.80 Å². The molecule has 4 heteroatoms. The van der Waals surface area contributed by atoms with Crippen molar-refractivity contribution in [2.24, 2.45) is 0 Å². The maximum atomic E-state index is 9.07. The van der Waals surface area contributed by atoms with Crippen molar-refractivity contribution in [3.8, 4) is 12.1 Å². The molecule has 0 radical (unpaired) electrons. The molecule has 0 aliphatic carbocycles. The Morgan fingerprint density at radius 1 is 1.25 bits per heavy atom. The zero-order chi connectivity index (χ0) is 14.5. The van der Waals surface area contributed by atoms with Crippen molar-refractivity contribution in [3.63, 3.8) is 0 Å². The van der Waals surface area contributed by atoms with Crippen LogP contribution in [0.25, 0.3) is 0 Å². The molecule has 1 aromatic rings. The lowest BCUT2D eigenvalue weighted by Gasteiger charge is -2.31. The number of nitriles is 2. The Kier molecular flexibility index (Phi) is 4.61. The first kappa shape index (κ1) is 14.4. The third kappa shape index (κ3) is 3.10. The smallest absolute Gasteiger partial charge is 0.0991 e. The van der Waals surface area contributed by atoms with Crippen LogP contribution in [0, 0.1) is 22.7 Å². The van der Waals surface area contributed by atoms with Crippen molar-refractivity contribution in [2.45, 2.75) is 31.8 Å². The molecule has 1 heterocycles. The van der Waals surface area contributed by atoms with E-state index in [-0.39, 0.29) is 6.04 Å². The van der Waals surface area contributed by atoms with Gasteiger partial charge in [0.1, 0.15) is 0 Å². The van der Waals surface area contributed by atoms with Gasteiger partial charge in [0.05, 0.1) is 30.2 Å². The van der Waals surface area contributed by atoms with Gasteiger partial charge in [-0.05, 0) is 44.7 Å². The molecule has 104 valence electrons. The molecule has 20 heavy (non-hydrogen) atoms. The van der Waals surface area contributed by atoms with Crippen molar-refractivity contribution < 1.29 is 0 Å². The molecule has 4 nitrogen and oxygen atoms in total. The Bertz CT molecular complexity index is 523. The average molecular weight is 268 g/mol. The molecule has 1 fully saturated rings. The van der Waals surface area contributed by atoms with Crippen LogP contribution in [0.15, 0.2) is 24.3 Å². The highest BCUT2D eigenvalue weighted by atomic mass is 15.2. The number of hydrogen-bond donors (Lipinski definition) is 0. The van der Waals surface area contributed by atoms with E-state index >= 15 is 0 Å². The Balaban J connectivity index is 2.25. The highest BCUT2D eigenvalue weighted by molar-refractivity contribution is 5.51. The van der Waals surface area contributed by atoms with E-state index in [1.165, 1.54) is 0 Å². The second kappa shape index (κ2) is 6.41. The van der Waals surface area contributed by atoms with E-state index in [4.69, 9.17) is 10.5 Å². The number of rotatable bonds is 2. The summed E-state index contributed by atoms with van der Waals surface area (Å²) in [5, 5.41) is 17.9. The highest BCUT2D eigenvalue weighted by Gasteiger charge is 2.26. The Hall–Kier alpha value is -2.04. The lowest BCUT2D eigenvalue weighted by atomic mass is 10.1. The number of benzene rings is 1. The van der Waals surface area contributed by atoms with Gasteiger partial charge in [0, 0.05) is 24.8 Å². The molecule has 0 amide bonds. The minimum atomic E-state index is 0.211. The Labute approximate surface area is 120 Å². The van der Waals surface area contributed by atoms with Crippen molar-refractivity contribution in [2.75, 3.05) is 25.0 Å². The summed E-state index contributed by atoms with van der Waals surface area (Å²) < 4.78 is 0. The third-order valence-corrected chi connectivity index (χ3v) is 4.13. The summed E-state index contributed by atoms with van der Waals surface area (Å²) >= 11 is 0. The molecule has 0 bridgehead atoms. The van der Waals surface area contributed by atoms with Crippen molar-refractivity contribution in [1.29, 1.82) is 10.5 Å². The fourth-order valence-corrected chi connectivity index (χ4v) is 2.69. The van der Waals surface area contributed by atoms with Crippen LogP contribution < -0.4 is 4.90 Å². The van der Waals surface area contributed by atoms with Gasteiger partial charge in [0.15, 0.2) is 0 Å². The first-order chi connectivity index (χ1) is 9.65. The molecule has 2 atom stereocenters. The predicted octanol–water partition coefficient (Wildman–Crippen LogP) is 2.37. The number of hydrogen-bond acceptors (Lipinski definition) is 4. The summed E-state index contributed by atoms with van der Waals surface area (Å²) in [6.45, 7) is 4.07. The highest BCUT2D eigenvalue weighted by Crippen LogP contribution is 2.24. The van der Waals surface area contributed by atoms with Crippen LogP contribution in [0.2, 0.25) is 0 Å². The van der Waals surface area contributed by atoms with Crippen LogP contribution in [0.4, 0.5) is 5.69 Å². The zero-order valence-electron chi connectivity index (χ0n) is 12.1. The van der Waals surface area contributed by atoms with Crippen LogP contribution in [0.5, 0.6) is 0 Å². The molecule has 1 saturated heterocycles. The summed E-state index contributed by atoms with van der Waals surface area (Å²) in [6.07, 6.45) is 1.61. The number of anilines is 1. The minimum Gasteiger partial charge on any atom is -0.366 e. The summed E-state index contributed by atoms with van der Waals surface area (Å²) in [6, 6.07) is 12.8. The molecule has 1 aliphatic rings. The molecule has 0 N–H and O–H groups in total. The normalized spacial score (nSPS) is 23.7. The van der Waals surface area contributed by atoms with Crippen LogP contribution in [-0.2, 0) is 0 Å². The summed E-state index contributed by atoms with van der Waals surface area (Å²) in [5.74, 6) is 0. The number of nitrogens with zero attached hydrogens (tertiary/aromatic N) is 4. The van der Waals surface area contributed by atoms with Gasteiger partial charge in [-0.25, -0.2) is 0 Å². The lowest BCUT2D eigenvalue weighted by Crippen LogP contribution is -2.40. The van der Waals surface area contributed by atoms with E-state index in [1.807, 2.05) is 24.3 Å². The average Bonchev–Trinajstić information content (AvgIpc) is 2.60. The van der Waals surface area contributed by atoms with Gasteiger partial charge in [-0.3, -0.25) is 0 Å². The quantitative estimate of drug-likeness (QED) is 0.826.